The number of carboxylic acids is 1. The molecule has 1 fully saturated rings. The van der Waals surface area contributed by atoms with Crippen LogP contribution in [-0.4, -0.2) is 15.6 Å². The highest BCUT2D eigenvalue weighted by atomic mass is 79.9. The van der Waals surface area contributed by atoms with Crippen molar-refractivity contribution in [2.24, 2.45) is 0 Å². The van der Waals surface area contributed by atoms with Gasteiger partial charge in [0.2, 0.25) is 0 Å². The molecule has 0 aliphatic heterocycles. The summed E-state index contributed by atoms with van der Waals surface area (Å²) in [7, 11) is 0. The molecule has 1 aromatic heterocycles. The summed E-state index contributed by atoms with van der Waals surface area (Å²) in [5.74, 6) is -0.209. The summed E-state index contributed by atoms with van der Waals surface area (Å²) in [6, 6.07) is 13.6. The average Bonchev–Trinajstić information content (AvgIpc) is 3.46. The number of nitrogens with zero attached hydrogens (tertiary/aromatic N) is 1. The van der Waals surface area contributed by atoms with Gasteiger partial charge in [0, 0.05) is 22.5 Å². The zero-order valence-electron chi connectivity index (χ0n) is 14.1. The minimum Gasteiger partial charge on any atom is -0.481 e. The molecule has 0 saturated heterocycles. The van der Waals surface area contributed by atoms with Crippen molar-refractivity contribution in [2.75, 3.05) is 0 Å². The van der Waals surface area contributed by atoms with Crippen LogP contribution in [0.1, 0.15) is 36.3 Å². The molecule has 132 valence electrons. The Morgan fingerprint density at radius 1 is 1.19 bits per heavy atom. The Bertz CT molecular complexity index is 1070. The maximum Gasteiger partial charge on any atom is 0.303 e. The van der Waals surface area contributed by atoms with E-state index < -0.39 is 5.97 Å². The highest BCUT2D eigenvalue weighted by molar-refractivity contribution is 9.10. The highest BCUT2D eigenvalue weighted by Crippen LogP contribution is 2.40. The van der Waals surface area contributed by atoms with Gasteiger partial charge >= 0.3 is 5.97 Å². The maximum absolute atomic E-state index is 13.1. The molecule has 0 bridgehead atoms. The molecule has 1 aliphatic rings. The first kappa shape index (κ1) is 17.0. The van der Waals surface area contributed by atoms with Crippen molar-refractivity contribution in [3.8, 4) is 5.69 Å². The summed E-state index contributed by atoms with van der Waals surface area (Å²) in [6.45, 7) is 0. The molecule has 1 saturated carbocycles. The quantitative estimate of drug-likeness (QED) is 0.664. The maximum atomic E-state index is 13.1. The Balaban J connectivity index is 1.83. The van der Waals surface area contributed by atoms with Crippen molar-refractivity contribution in [2.45, 2.75) is 31.6 Å². The van der Waals surface area contributed by atoms with Gasteiger partial charge in [-0.05, 0) is 66.0 Å². The normalized spacial score (nSPS) is 13.9. The number of rotatable bonds is 5. The number of benzene rings is 2. The molecule has 0 amide bonds. The first-order valence-electron chi connectivity index (χ1n) is 8.69. The fourth-order valence-electron chi connectivity index (χ4n) is 3.38. The van der Waals surface area contributed by atoms with Crippen LogP contribution in [-0.2, 0) is 11.2 Å². The summed E-state index contributed by atoms with van der Waals surface area (Å²) in [5, 5.41) is 10.7. The molecular formula is C21H18BrNO3. The molecule has 4 rings (SSSR count). The van der Waals surface area contributed by atoms with Crippen LogP contribution in [0.2, 0.25) is 0 Å². The van der Waals surface area contributed by atoms with E-state index in [0.717, 1.165) is 21.1 Å². The highest BCUT2D eigenvalue weighted by Gasteiger charge is 2.23. The average molecular weight is 412 g/mol. The van der Waals surface area contributed by atoms with Crippen molar-refractivity contribution in [3.05, 3.63) is 74.6 Å². The third kappa shape index (κ3) is 3.19. The molecule has 26 heavy (non-hydrogen) atoms. The Kier molecular flexibility index (Phi) is 4.41. The lowest BCUT2D eigenvalue weighted by molar-refractivity contribution is -0.136. The molecule has 1 N–H and O–H groups in total. The number of aromatic nitrogens is 1. The molecule has 4 nitrogen and oxygen atoms in total. The topological polar surface area (TPSA) is 59.3 Å². The zero-order chi connectivity index (χ0) is 18.3. The Hall–Kier alpha value is -2.40. The second-order valence-corrected chi connectivity index (χ2v) is 7.60. The predicted octanol–water partition coefficient (Wildman–Crippen LogP) is 4.65. The van der Waals surface area contributed by atoms with Gasteiger partial charge in [0.25, 0.3) is 5.56 Å². The van der Waals surface area contributed by atoms with Crippen LogP contribution < -0.4 is 5.56 Å². The van der Waals surface area contributed by atoms with Crippen molar-refractivity contribution in [1.29, 1.82) is 0 Å². The van der Waals surface area contributed by atoms with Crippen LogP contribution in [0.15, 0.2) is 57.9 Å². The molecule has 0 spiro atoms. The number of pyridine rings is 1. The zero-order valence-corrected chi connectivity index (χ0v) is 15.7. The van der Waals surface area contributed by atoms with Gasteiger partial charge in [-0.15, -0.1) is 0 Å². The number of aliphatic carboxylic acids is 1. The fourth-order valence-corrected chi connectivity index (χ4v) is 3.93. The van der Waals surface area contributed by atoms with Crippen molar-refractivity contribution in [1.82, 2.24) is 4.57 Å². The van der Waals surface area contributed by atoms with Gasteiger partial charge in [-0.2, -0.15) is 0 Å². The van der Waals surface area contributed by atoms with Gasteiger partial charge in [0.1, 0.15) is 0 Å². The summed E-state index contributed by atoms with van der Waals surface area (Å²) in [4.78, 5) is 24.0. The van der Waals surface area contributed by atoms with E-state index >= 15 is 0 Å². The number of halogens is 1. The second kappa shape index (κ2) is 6.72. The molecule has 0 radical (unpaired) electrons. The molecule has 2 aromatic carbocycles. The van der Waals surface area contributed by atoms with E-state index in [1.54, 1.807) is 10.8 Å². The van der Waals surface area contributed by atoms with Crippen LogP contribution in [0.5, 0.6) is 0 Å². The van der Waals surface area contributed by atoms with E-state index in [2.05, 4.69) is 28.1 Å². The number of carboxylic acid groups (broad SMARTS) is 1. The second-order valence-electron chi connectivity index (χ2n) is 6.74. The first-order chi connectivity index (χ1) is 12.5. The summed E-state index contributed by atoms with van der Waals surface area (Å²) in [5.41, 5.74) is 2.77. The third-order valence-electron chi connectivity index (χ3n) is 4.92. The molecular weight excluding hydrogens is 394 g/mol. The SMILES string of the molecule is O=C(O)CCc1c(Br)cccc1-n1ccc2cc(C3CC3)ccc2c1=O. The third-order valence-corrected chi connectivity index (χ3v) is 5.66. The van der Waals surface area contributed by atoms with E-state index in [9.17, 15) is 9.59 Å². The van der Waals surface area contributed by atoms with Crippen molar-refractivity contribution in [3.63, 3.8) is 0 Å². The van der Waals surface area contributed by atoms with Gasteiger partial charge in [0.15, 0.2) is 0 Å². The van der Waals surface area contributed by atoms with Gasteiger partial charge in [-0.3, -0.25) is 14.2 Å². The molecule has 1 aliphatic carbocycles. The van der Waals surface area contributed by atoms with Gasteiger partial charge in [0.05, 0.1) is 5.69 Å². The smallest absolute Gasteiger partial charge is 0.303 e. The van der Waals surface area contributed by atoms with Crippen LogP contribution in [0.3, 0.4) is 0 Å². The molecule has 0 unspecified atom stereocenters. The van der Waals surface area contributed by atoms with Crippen LogP contribution in [0.4, 0.5) is 0 Å². The summed E-state index contributed by atoms with van der Waals surface area (Å²) >= 11 is 3.49. The number of hydrogen-bond acceptors (Lipinski definition) is 2. The van der Waals surface area contributed by atoms with E-state index in [0.29, 0.717) is 17.7 Å². The minimum atomic E-state index is -0.856. The van der Waals surface area contributed by atoms with E-state index in [1.807, 2.05) is 30.3 Å². The lowest BCUT2D eigenvalue weighted by Crippen LogP contribution is -2.19. The molecule has 5 heteroatoms. The van der Waals surface area contributed by atoms with E-state index in [1.165, 1.54) is 18.4 Å². The molecule has 1 heterocycles. The van der Waals surface area contributed by atoms with Gasteiger partial charge in [-0.25, -0.2) is 0 Å². The minimum absolute atomic E-state index is 0.0166. The molecule has 3 aromatic rings. The van der Waals surface area contributed by atoms with Crippen molar-refractivity contribution >= 4 is 32.7 Å². The van der Waals surface area contributed by atoms with Crippen LogP contribution in [0, 0.1) is 0 Å². The van der Waals surface area contributed by atoms with E-state index in [-0.39, 0.29) is 12.0 Å². The van der Waals surface area contributed by atoms with Gasteiger partial charge < -0.3 is 5.11 Å². The van der Waals surface area contributed by atoms with Crippen LogP contribution >= 0.6 is 15.9 Å². The lowest BCUT2D eigenvalue weighted by atomic mass is 10.0. The predicted molar refractivity (Wildman–Crippen MR) is 105 cm³/mol. The fraction of sp³-hybridized carbons (Fsp3) is 0.238. The molecule has 0 atom stereocenters. The number of fused-ring (bicyclic) bond motifs is 1. The summed E-state index contributed by atoms with van der Waals surface area (Å²) < 4.78 is 2.42. The Morgan fingerprint density at radius 3 is 2.73 bits per heavy atom. The largest absolute Gasteiger partial charge is 0.481 e. The Morgan fingerprint density at radius 2 is 2.00 bits per heavy atom. The Labute approximate surface area is 159 Å². The number of carbonyl (C=O) groups is 1. The monoisotopic (exact) mass is 411 g/mol. The standard InChI is InChI=1S/C21H18BrNO3/c22-18-2-1-3-19(17(18)8-9-20(24)25)23-11-10-15-12-14(13-4-5-13)6-7-16(15)21(23)26/h1-3,6-7,10-13H,4-5,8-9H2,(H,24,25). The number of hydrogen-bond donors (Lipinski definition) is 1. The summed E-state index contributed by atoms with van der Waals surface area (Å²) in [6.07, 6.45) is 4.62. The van der Waals surface area contributed by atoms with Gasteiger partial charge in [-0.1, -0.05) is 34.1 Å². The van der Waals surface area contributed by atoms with Crippen molar-refractivity contribution < 1.29 is 9.90 Å². The van der Waals surface area contributed by atoms with Crippen LogP contribution in [0.25, 0.3) is 16.5 Å². The van der Waals surface area contributed by atoms with E-state index in [4.69, 9.17) is 5.11 Å². The first-order valence-corrected chi connectivity index (χ1v) is 9.49. The lowest BCUT2D eigenvalue weighted by Gasteiger charge is -2.14.